The Morgan fingerprint density at radius 3 is 2.76 bits per heavy atom. The fourth-order valence-electron chi connectivity index (χ4n) is 1.94. The Morgan fingerprint density at radius 1 is 1.48 bits per heavy atom. The van der Waals surface area contributed by atoms with Gasteiger partial charge in [-0.3, -0.25) is 9.48 Å². The van der Waals surface area contributed by atoms with Crippen molar-refractivity contribution in [1.29, 1.82) is 0 Å². The highest BCUT2D eigenvalue weighted by Crippen LogP contribution is 2.27. The van der Waals surface area contributed by atoms with Gasteiger partial charge in [-0.2, -0.15) is 30.0 Å². The maximum atomic E-state index is 12.4. The molecule has 0 spiro atoms. The second-order valence-corrected chi connectivity index (χ2v) is 5.56. The zero-order chi connectivity index (χ0) is 15.6. The average molecular weight is 323 g/mol. The Balaban J connectivity index is 2.06. The predicted octanol–water partition coefficient (Wildman–Crippen LogP) is 0.930. The summed E-state index contributed by atoms with van der Waals surface area (Å²) < 4.78 is 38.1. The van der Waals surface area contributed by atoms with Gasteiger partial charge < -0.3 is 10.0 Å². The first-order valence-electron chi connectivity index (χ1n) is 5.99. The van der Waals surface area contributed by atoms with Crippen molar-refractivity contribution in [3.8, 4) is 0 Å². The molecule has 0 aliphatic carbocycles. The molecule has 2 heterocycles. The molecule has 2 rings (SSSR count). The molecule has 1 aromatic heterocycles. The van der Waals surface area contributed by atoms with E-state index in [2.05, 4.69) is 5.10 Å². The molecule has 10 heteroatoms. The monoisotopic (exact) mass is 323 g/mol. The lowest BCUT2D eigenvalue weighted by molar-refractivity contribution is -0.149. The van der Waals surface area contributed by atoms with E-state index in [-0.39, 0.29) is 12.3 Å². The van der Waals surface area contributed by atoms with Gasteiger partial charge >= 0.3 is 12.1 Å². The Labute approximate surface area is 121 Å². The number of aliphatic carboxylic acids is 1. The second-order valence-electron chi connectivity index (χ2n) is 4.41. The third-order valence-electron chi connectivity index (χ3n) is 2.96. The molecule has 1 unspecified atom stereocenters. The van der Waals surface area contributed by atoms with E-state index in [4.69, 9.17) is 5.11 Å². The van der Waals surface area contributed by atoms with Crippen molar-refractivity contribution in [2.24, 2.45) is 0 Å². The zero-order valence-electron chi connectivity index (χ0n) is 10.7. The zero-order valence-corrected chi connectivity index (χ0v) is 11.5. The quantitative estimate of drug-likeness (QED) is 0.896. The molecule has 1 aliphatic rings. The molecule has 1 fully saturated rings. The molecule has 21 heavy (non-hydrogen) atoms. The van der Waals surface area contributed by atoms with Gasteiger partial charge in [0.05, 0.1) is 0 Å². The van der Waals surface area contributed by atoms with Crippen molar-refractivity contribution in [1.82, 2.24) is 14.7 Å². The van der Waals surface area contributed by atoms with E-state index in [9.17, 15) is 22.8 Å². The van der Waals surface area contributed by atoms with Crippen LogP contribution in [0.15, 0.2) is 12.3 Å². The normalized spacial score (nSPS) is 19.6. The lowest BCUT2D eigenvalue weighted by Crippen LogP contribution is -2.51. The molecule has 0 aromatic carbocycles. The summed E-state index contributed by atoms with van der Waals surface area (Å²) in [5.41, 5.74) is -1.08. The molecular formula is C11H12F3N3O3S. The number of carbonyl (C=O) groups is 2. The van der Waals surface area contributed by atoms with E-state index >= 15 is 0 Å². The highest BCUT2D eigenvalue weighted by Gasteiger charge is 2.35. The van der Waals surface area contributed by atoms with E-state index in [1.807, 2.05) is 0 Å². The van der Waals surface area contributed by atoms with Gasteiger partial charge in [0.2, 0.25) is 5.91 Å². The largest absolute Gasteiger partial charge is 0.480 e. The molecule has 1 amide bonds. The van der Waals surface area contributed by atoms with Crippen LogP contribution in [0.4, 0.5) is 13.2 Å². The molecule has 1 atom stereocenters. The highest BCUT2D eigenvalue weighted by molar-refractivity contribution is 7.99. The fraction of sp³-hybridized carbons (Fsp3) is 0.545. The Bertz CT molecular complexity index is 546. The van der Waals surface area contributed by atoms with Crippen LogP contribution in [0.5, 0.6) is 0 Å². The van der Waals surface area contributed by atoms with Gasteiger partial charge in [-0.05, 0) is 6.07 Å². The number of hydrogen-bond acceptors (Lipinski definition) is 4. The lowest BCUT2D eigenvalue weighted by Gasteiger charge is -2.32. The van der Waals surface area contributed by atoms with Crippen LogP contribution in [0.1, 0.15) is 5.69 Å². The van der Waals surface area contributed by atoms with Crippen LogP contribution in [-0.2, 0) is 22.3 Å². The van der Waals surface area contributed by atoms with Crippen molar-refractivity contribution in [2.75, 3.05) is 18.1 Å². The number of carbonyl (C=O) groups excluding carboxylic acids is 1. The lowest BCUT2D eigenvalue weighted by atomic mass is 10.2. The van der Waals surface area contributed by atoms with Crippen LogP contribution in [0.25, 0.3) is 0 Å². The number of thioether (sulfide) groups is 1. The first-order valence-corrected chi connectivity index (χ1v) is 7.15. The maximum absolute atomic E-state index is 12.4. The molecule has 116 valence electrons. The number of amides is 1. The van der Waals surface area contributed by atoms with Gasteiger partial charge in [0.25, 0.3) is 0 Å². The van der Waals surface area contributed by atoms with Crippen molar-refractivity contribution in [3.63, 3.8) is 0 Å². The molecule has 1 N–H and O–H groups in total. The van der Waals surface area contributed by atoms with Crippen LogP contribution >= 0.6 is 11.8 Å². The third kappa shape index (κ3) is 3.69. The van der Waals surface area contributed by atoms with Gasteiger partial charge in [0, 0.05) is 24.2 Å². The van der Waals surface area contributed by atoms with Crippen molar-refractivity contribution >= 4 is 23.6 Å². The minimum atomic E-state index is -4.57. The molecule has 0 saturated carbocycles. The van der Waals surface area contributed by atoms with E-state index in [1.54, 1.807) is 0 Å². The summed E-state index contributed by atoms with van der Waals surface area (Å²) in [5.74, 6) is -0.803. The number of alkyl halides is 3. The van der Waals surface area contributed by atoms with Crippen molar-refractivity contribution < 1.29 is 27.9 Å². The van der Waals surface area contributed by atoms with Gasteiger partial charge in [-0.1, -0.05) is 0 Å². The van der Waals surface area contributed by atoms with Gasteiger partial charge in [0.15, 0.2) is 5.69 Å². The van der Waals surface area contributed by atoms with Gasteiger partial charge in [0.1, 0.15) is 12.6 Å². The Hall–Kier alpha value is -1.71. The number of rotatable bonds is 3. The molecular weight excluding hydrogens is 311 g/mol. The van der Waals surface area contributed by atoms with E-state index < -0.39 is 36.3 Å². The van der Waals surface area contributed by atoms with E-state index in [0.29, 0.717) is 5.75 Å². The molecule has 1 saturated heterocycles. The van der Waals surface area contributed by atoms with E-state index in [1.165, 1.54) is 16.7 Å². The number of nitrogens with zero attached hydrogens (tertiary/aromatic N) is 3. The number of carboxylic acids is 1. The molecule has 0 radical (unpaired) electrons. The molecule has 6 nitrogen and oxygen atoms in total. The number of halogens is 3. The first kappa shape index (κ1) is 15.7. The summed E-state index contributed by atoms with van der Waals surface area (Å²) in [6, 6.07) is -0.178. The highest BCUT2D eigenvalue weighted by atomic mass is 32.2. The van der Waals surface area contributed by atoms with Gasteiger partial charge in [-0.25, -0.2) is 4.79 Å². The van der Waals surface area contributed by atoms with Crippen LogP contribution in [0.2, 0.25) is 0 Å². The minimum Gasteiger partial charge on any atom is -0.480 e. The maximum Gasteiger partial charge on any atom is 0.435 e. The Kier molecular flexibility index (Phi) is 4.45. The van der Waals surface area contributed by atoms with Crippen LogP contribution < -0.4 is 0 Å². The van der Waals surface area contributed by atoms with Crippen molar-refractivity contribution in [3.05, 3.63) is 18.0 Å². The standard InChI is InChI=1S/C11H12F3N3O3S/c12-11(13,14)8-1-2-16(15-8)5-9(18)17-3-4-21-6-7(17)10(19)20/h1-2,7H,3-6H2,(H,19,20). The van der Waals surface area contributed by atoms with E-state index in [0.717, 1.165) is 16.9 Å². The smallest absolute Gasteiger partial charge is 0.435 e. The Morgan fingerprint density at radius 2 is 2.19 bits per heavy atom. The minimum absolute atomic E-state index is 0.258. The topological polar surface area (TPSA) is 75.4 Å². The van der Waals surface area contributed by atoms with Crippen molar-refractivity contribution in [2.45, 2.75) is 18.8 Å². The fourth-order valence-corrected chi connectivity index (χ4v) is 2.98. The summed E-state index contributed by atoms with van der Waals surface area (Å²) in [4.78, 5) is 24.3. The number of aromatic nitrogens is 2. The summed E-state index contributed by atoms with van der Waals surface area (Å²) >= 11 is 1.42. The second kappa shape index (κ2) is 5.96. The van der Waals surface area contributed by atoms with Crippen LogP contribution in [-0.4, -0.2) is 55.8 Å². The van der Waals surface area contributed by atoms with Crippen LogP contribution in [0, 0.1) is 0 Å². The average Bonchev–Trinajstić information content (AvgIpc) is 2.87. The summed E-state index contributed by atoms with van der Waals surface area (Å²) in [7, 11) is 0. The summed E-state index contributed by atoms with van der Waals surface area (Å²) in [6.45, 7) is -0.154. The summed E-state index contributed by atoms with van der Waals surface area (Å²) in [5, 5.41) is 12.3. The summed E-state index contributed by atoms with van der Waals surface area (Å²) in [6.07, 6.45) is -3.52. The number of hydrogen-bond donors (Lipinski definition) is 1. The molecule has 0 bridgehead atoms. The molecule has 1 aromatic rings. The third-order valence-corrected chi connectivity index (χ3v) is 3.98. The van der Waals surface area contributed by atoms with Gasteiger partial charge in [-0.15, -0.1) is 0 Å². The SMILES string of the molecule is O=C(O)C1CSCCN1C(=O)Cn1ccc(C(F)(F)F)n1. The molecule has 1 aliphatic heterocycles. The van der Waals surface area contributed by atoms with Crippen LogP contribution in [0.3, 0.4) is 0 Å². The number of carboxylic acid groups (broad SMARTS) is 1. The predicted molar refractivity (Wildman–Crippen MR) is 67.7 cm³/mol. The first-order chi connectivity index (χ1) is 9.79.